The molecule has 3 aromatic carbocycles. The van der Waals surface area contributed by atoms with Crippen molar-refractivity contribution in [3.63, 3.8) is 0 Å². The van der Waals surface area contributed by atoms with Crippen molar-refractivity contribution in [3.8, 4) is 0 Å². The lowest BCUT2D eigenvalue weighted by molar-refractivity contribution is -0.113. The van der Waals surface area contributed by atoms with Gasteiger partial charge in [-0.2, -0.15) is 5.10 Å². The zero-order valence-electron chi connectivity index (χ0n) is 18.8. The predicted molar refractivity (Wildman–Crippen MR) is 133 cm³/mol. The van der Waals surface area contributed by atoms with E-state index in [4.69, 9.17) is 0 Å². The molecular formula is C27H22FN5O2. The van der Waals surface area contributed by atoms with Gasteiger partial charge in [0.1, 0.15) is 23.2 Å². The minimum Gasteiger partial charge on any atom is -0.343 e. The number of amides is 2. The molecule has 1 unspecified atom stereocenters. The first-order valence-electron chi connectivity index (χ1n) is 11.0. The van der Waals surface area contributed by atoms with E-state index in [0.717, 1.165) is 0 Å². The van der Waals surface area contributed by atoms with Gasteiger partial charge in [-0.1, -0.05) is 48.5 Å². The fourth-order valence-corrected chi connectivity index (χ4v) is 4.11. The first-order chi connectivity index (χ1) is 17.0. The molecule has 3 N–H and O–H groups in total. The van der Waals surface area contributed by atoms with Crippen molar-refractivity contribution in [2.24, 2.45) is 0 Å². The molecule has 0 spiro atoms. The van der Waals surface area contributed by atoms with E-state index in [1.165, 1.54) is 18.3 Å². The van der Waals surface area contributed by atoms with E-state index in [0.29, 0.717) is 39.6 Å². The first-order valence-corrected chi connectivity index (χ1v) is 11.0. The van der Waals surface area contributed by atoms with E-state index in [9.17, 15) is 14.0 Å². The van der Waals surface area contributed by atoms with E-state index < -0.39 is 6.04 Å². The lowest BCUT2D eigenvalue weighted by atomic mass is 9.94. The fourth-order valence-electron chi connectivity index (χ4n) is 4.11. The molecule has 0 saturated carbocycles. The number of hydrogen-bond acceptors (Lipinski definition) is 4. The number of nitrogens with one attached hydrogen (secondary N) is 3. The standard InChI is InChI=1S/C27H22FN5O2/c1-17-23(27(35)32-21-10-6-3-7-11-21)24(18-12-14-19(28)15-13-18)33-25(30-17)22(16-29-33)26(34)31-20-8-4-2-5-9-20/h2-16,24,30H,1H3,(H,31,34)(H,32,35). The highest BCUT2D eigenvalue weighted by Crippen LogP contribution is 2.38. The van der Waals surface area contributed by atoms with Crippen molar-refractivity contribution in [1.82, 2.24) is 9.78 Å². The molecule has 7 nitrogen and oxygen atoms in total. The number of benzene rings is 3. The lowest BCUT2D eigenvalue weighted by Crippen LogP contribution is -2.32. The summed E-state index contributed by atoms with van der Waals surface area (Å²) in [6.07, 6.45) is 1.46. The summed E-state index contributed by atoms with van der Waals surface area (Å²) >= 11 is 0. The van der Waals surface area contributed by atoms with Crippen molar-refractivity contribution in [3.05, 3.63) is 119 Å². The summed E-state index contributed by atoms with van der Waals surface area (Å²) in [6.45, 7) is 1.77. The molecule has 1 atom stereocenters. The zero-order valence-corrected chi connectivity index (χ0v) is 18.8. The van der Waals surface area contributed by atoms with Gasteiger partial charge in [-0.25, -0.2) is 9.07 Å². The molecule has 35 heavy (non-hydrogen) atoms. The molecule has 4 aromatic rings. The largest absolute Gasteiger partial charge is 0.343 e. The van der Waals surface area contributed by atoms with Gasteiger partial charge < -0.3 is 16.0 Å². The number of fused-ring (bicyclic) bond motifs is 1. The summed E-state index contributed by atoms with van der Waals surface area (Å²) in [5, 5.41) is 13.4. The molecule has 0 aliphatic carbocycles. The Hall–Kier alpha value is -4.72. The third kappa shape index (κ3) is 4.41. The second kappa shape index (κ2) is 9.26. The summed E-state index contributed by atoms with van der Waals surface area (Å²) < 4.78 is 15.3. The van der Waals surface area contributed by atoms with Gasteiger partial charge >= 0.3 is 0 Å². The summed E-state index contributed by atoms with van der Waals surface area (Å²) in [6, 6.07) is 23.5. The van der Waals surface area contributed by atoms with Gasteiger partial charge in [0.15, 0.2) is 0 Å². The molecule has 0 radical (unpaired) electrons. The van der Waals surface area contributed by atoms with Gasteiger partial charge in [0.2, 0.25) is 0 Å². The van der Waals surface area contributed by atoms with Crippen LogP contribution in [0.1, 0.15) is 28.9 Å². The van der Waals surface area contributed by atoms with Crippen molar-refractivity contribution in [2.75, 3.05) is 16.0 Å². The third-order valence-corrected chi connectivity index (χ3v) is 5.76. The van der Waals surface area contributed by atoms with Gasteiger partial charge in [-0.05, 0) is 48.9 Å². The van der Waals surface area contributed by atoms with E-state index >= 15 is 0 Å². The average Bonchev–Trinajstić information content (AvgIpc) is 3.28. The van der Waals surface area contributed by atoms with Crippen LogP contribution in [0.3, 0.4) is 0 Å². The maximum Gasteiger partial charge on any atom is 0.261 e. The molecule has 0 saturated heterocycles. The van der Waals surface area contributed by atoms with E-state index in [2.05, 4.69) is 21.0 Å². The molecule has 1 aromatic heterocycles. The van der Waals surface area contributed by atoms with Crippen LogP contribution in [0.25, 0.3) is 0 Å². The maximum atomic E-state index is 13.7. The highest BCUT2D eigenvalue weighted by atomic mass is 19.1. The van der Waals surface area contributed by atoms with Gasteiger partial charge in [-0.15, -0.1) is 0 Å². The zero-order chi connectivity index (χ0) is 24.4. The van der Waals surface area contributed by atoms with Crippen molar-refractivity contribution in [2.45, 2.75) is 13.0 Å². The topological polar surface area (TPSA) is 88.0 Å². The SMILES string of the molecule is CC1=C(C(=O)Nc2ccccc2)C(c2ccc(F)cc2)n2ncc(C(=O)Nc3ccccc3)c2N1. The second-order valence-electron chi connectivity index (χ2n) is 8.11. The molecule has 2 amide bonds. The monoisotopic (exact) mass is 467 g/mol. The Bertz CT molecular complexity index is 1410. The highest BCUT2D eigenvalue weighted by Gasteiger charge is 2.35. The van der Waals surface area contributed by atoms with Crippen LogP contribution in [0, 0.1) is 5.82 Å². The summed E-state index contributed by atoms with van der Waals surface area (Å²) in [5.41, 5.74) is 3.25. The van der Waals surface area contributed by atoms with Crippen molar-refractivity contribution < 1.29 is 14.0 Å². The number of aromatic nitrogens is 2. The Morgan fingerprint density at radius 3 is 2.03 bits per heavy atom. The molecule has 1 aliphatic heterocycles. The molecule has 0 fully saturated rings. The minimum absolute atomic E-state index is 0.322. The number of hydrogen-bond donors (Lipinski definition) is 3. The van der Waals surface area contributed by atoms with Crippen LogP contribution in [-0.4, -0.2) is 21.6 Å². The number of halogens is 1. The van der Waals surface area contributed by atoms with Gasteiger partial charge in [0.25, 0.3) is 11.8 Å². The van der Waals surface area contributed by atoms with Crippen LogP contribution in [0.2, 0.25) is 0 Å². The maximum absolute atomic E-state index is 13.7. The number of para-hydroxylation sites is 2. The van der Waals surface area contributed by atoms with Crippen LogP contribution < -0.4 is 16.0 Å². The smallest absolute Gasteiger partial charge is 0.261 e. The fraction of sp³-hybridized carbons (Fsp3) is 0.0741. The molecular weight excluding hydrogens is 445 g/mol. The predicted octanol–water partition coefficient (Wildman–Crippen LogP) is 5.20. The number of carbonyl (C=O) groups excluding carboxylic acids is 2. The Morgan fingerprint density at radius 2 is 1.43 bits per heavy atom. The molecule has 1 aliphatic rings. The van der Waals surface area contributed by atoms with Gasteiger partial charge in [0, 0.05) is 17.1 Å². The summed E-state index contributed by atoms with van der Waals surface area (Å²) in [5.74, 6) is -0.608. The Labute approximate surface area is 201 Å². The van der Waals surface area contributed by atoms with E-state index in [1.807, 2.05) is 36.4 Å². The number of allylic oxidation sites excluding steroid dienone is 1. The minimum atomic E-state index is -0.672. The molecule has 174 valence electrons. The van der Waals surface area contributed by atoms with E-state index in [1.54, 1.807) is 48.0 Å². The first kappa shape index (κ1) is 22.1. The third-order valence-electron chi connectivity index (χ3n) is 5.76. The highest BCUT2D eigenvalue weighted by molar-refractivity contribution is 6.09. The number of nitrogens with zero attached hydrogens (tertiary/aromatic N) is 2. The van der Waals surface area contributed by atoms with Crippen LogP contribution in [0.5, 0.6) is 0 Å². The normalized spacial score (nSPS) is 14.6. The van der Waals surface area contributed by atoms with Crippen molar-refractivity contribution >= 4 is 29.0 Å². The lowest BCUT2D eigenvalue weighted by Gasteiger charge is -2.30. The second-order valence-corrected chi connectivity index (χ2v) is 8.11. The van der Waals surface area contributed by atoms with Crippen LogP contribution in [0.4, 0.5) is 21.6 Å². The molecule has 8 heteroatoms. The van der Waals surface area contributed by atoms with E-state index in [-0.39, 0.29) is 17.6 Å². The molecule has 5 rings (SSSR count). The molecule has 2 heterocycles. The summed E-state index contributed by atoms with van der Waals surface area (Å²) in [7, 11) is 0. The number of carbonyl (C=O) groups is 2. The Kier molecular flexibility index (Phi) is 5.85. The van der Waals surface area contributed by atoms with Crippen molar-refractivity contribution in [1.29, 1.82) is 0 Å². The van der Waals surface area contributed by atoms with Crippen LogP contribution in [-0.2, 0) is 4.79 Å². The van der Waals surface area contributed by atoms with Gasteiger partial charge in [-0.3, -0.25) is 9.59 Å². The van der Waals surface area contributed by atoms with Crippen LogP contribution >= 0.6 is 0 Å². The van der Waals surface area contributed by atoms with Gasteiger partial charge in [0.05, 0.1) is 11.8 Å². The number of rotatable bonds is 5. The summed E-state index contributed by atoms with van der Waals surface area (Å²) in [4.78, 5) is 26.5. The quantitative estimate of drug-likeness (QED) is 0.376. The Morgan fingerprint density at radius 1 is 0.857 bits per heavy atom. The number of anilines is 3. The van der Waals surface area contributed by atoms with Crippen LogP contribution in [0.15, 0.2) is 102 Å². The Balaban J connectivity index is 1.55. The molecule has 0 bridgehead atoms. The average molecular weight is 468 g/mol.